The van der Waals surface area contributed by atoms with Crippen LogP contribution in [-0.2, 0) is 11.3 Å². The van der Waals surface area contributed by atoms with E-state index in [2.05, 4.69) is 12.2 Å². The van der Waals surface area contributed by atoms with Gasteiger partial charge in [-0.2, -0.15) is 0 Å². The molecule has 2 aromatic carbocycles. The quantitative estimate of drug-likeness (QED) is 0.479. The van der Waals surface area contributed by atoms with Gasteiger partial charge in [0.2, 0.25) is 5.91 Å². The van der Waals surface area contributed by atoms with Crippen molar-refractivity contribution in [1.82, 2.24) is 19.7 Å². The molecule has 210 valence electrons. The maximum absolute atomic E-state index is 13.6. The molecule has 1 atom stereocenters. The lowest BCUT2D eigenvalue weighted by Gasteiger charge is -2.39. The van der Waals surface area contributed by atoms with Crippen molar-refractivity contribution in [2.24, 2.45) is 0 Å². The fraction of sp³-hybridized carbons (Fsp3) is 0.406. The van der Waals surface area contributed by atoms with Gasteiger partial charge in [0.25, 0.3) is 11.5 Å². The number of hydrogen-bond donors (Lipinski definition) is 2. The van der Waals surface area contributed by atoms with Gasteiger partial charge >= 0.3 is 0 Å². The summed E-state index contributed by atoms with van der Waals surface area (Å²) in [6, 6.07) is 21.0. The number of benzene rings is 2. The lowest BCUT2D eigenvalue weighted by atomic mass is 9.90. The minimum atomic E-state index is -1.14. The van der Waals surface area contributed by atoms with Crippen molar-refractivity contribution in [3.63, 3.8) is 0 Å². The molecule has 5 rings (SSSR count). The van der Waals surface area contributed by atoms with Crippen LogP contribution in [0.5, 0.6) is 0 Å². The van der Waals surface area contributed by atoms with Gasteiger partial charge in [-0.05, 0) is 29.9 Å². The van der Waals surface area contributed by atoms with Crippen molar-refractivity contribution in [2.45, 2.75) is 44.2 Å². The molecule has 8 nitrogen and oxygen atoms in total. The number of carbonyl (C=O) groups is 2. The number of carbonyl (C=O) groups excluding carboxylic acids is 2. The van der Waals surface area contributed by atoms with E-state index in [0.717, 1.165) is 24.2 Å². The summed E-state index contributed by atoms with van der Waals surface area (Å²) in [7, 11) is 0. The number of likely N-dealkylation sites (tertiary alicyclic amines) is 1. The fourth-order valence-electron chi connectivity index (χ4n) is 5.70. The van der Waals surface area contributed by atoms with Crippen LogP contribution in [0.25, 0.3) is 11.1 Å². The number of nitrogens with one attached hydrogen (secondary N) is 1. The third kappa shape index (κ3) is 6.35. The number of amides is 2. The summed E-state index contributed by atoms with van der Waals surface area (Å²) in [5, 5.41) is 14.7. The number of aliphatic hydroxyl groups is 1. The van der Waals surface area contributed by atoms with Crippen molar-refractivity contribution in [2.75, 3.05) is 39.3 Å². The minimum Gasteiger partial charge on any atom is -0.388 e. The van der Waals surface area contributed by atoms with Crippen LogP contribution in [0, 0.1) is 0 Å². The van der Waals surface area contributed by atoms with Crippen LogP contribution in [0.2, 0.25) is 0 Å². The van der Waals surface area contributed by atoms with E-state index >= 15 is 0 Å². The number of rotatable bonds is 7. The Hall–Kier alpha value is -3.75. The van der Waals surface area contributed by atoms with E-state index in [1.807, 2.05) is 70.5 Å². The summed E-state index contributed by atoms with van der Waals surface area (Å²) >= 11 is 0. The molecule has 0 aliphatic carbocycles. The lowest BCUT2D eigenvalue weighted by molar-refractivity contribution is -0.136. The SMILES string of the molecule is C[C@H](CC(=O)N1CCC(O)(Cn2cc(C(=O)N3CCNCC3)c(-c3ccccc3)cc2=O)CC1)c1ccccc1. The Bertz CT molecular complexity index is 1380. The largest absolute Gasteiger partial charge is 0.388 e. The highest BCUT2D eigenvalue weighted by atomic mass is 16.3. The minimum absolute atomic E-state index is 0.0746. The number of hydrogen-bond acceptors (Lipinski definition) is 5. The highest BCUT2D eigenvalue weighted by Gasteiger charge is 2.35. The van der Waals surface area contributed by atoms with E-state index in [1.54, 1.807) is 6.20 Å². The topological polar surface area (TPSA) is 94.9 Å². The first kappa shape index (κ1) is 27.8. The van der Waals surface area contributed by atoms with Crippen molar-refractivity contribution >= 4 is 11.8 Å². The third-order valence-electron chi connectivity index (χ3n) is 8.21. The van der Waals surface area contributed by atoms with Crippen LogP contribution in [0.1, 0.15) is 48.0 Å². The number of piperidine rings is 1. The van der Waals surface area contributed by atoms with E-state index in [4.69, 9.17) is 0 Å². The van der Waals surface area contributed by atoms with E-state index < -0.39 is 5.60 Å². The van der Waals surface area contributed by atoms with E-state index in [9.17, 15) is 19.5 Å². The predicted molar refractivity (Wildman–Crippen MR) is 155 cm³/mol. The van der Waals surface area contributed by atoms with Gasteiger partial charge in [-0.1, -0.05) is 67.6 Å². The van der Waals surface area contributed by atoms with Crippen LogP contribution >= 0.6 is 0 Å². The molecule has 2 fully saturated rings. The zero-order chi connectivity index (χ0) is 28.1. The molecule has 0 unspecified atom stereocenters. The van der Waals surface area contributed by atoms with Gasteiger partial charge in [0.15, 0.2) is 0 Å². The molecule has 2 N–H and O–H groups in total. The standard InChI is InChI=1S/C32H38N4O4/c1-24(25-8-4-2-5-9-25)20-29(37)34-16-12-32(40,13-17-34)23-36-22-28(31(39)35-18-14-33-15-19-35)27(21-30(36)38)26-10-6-3-7-11-26/h2-11,21-22,24,33,40H,12-20,23H2,1H3/t24-/m1/s1. The average molecular weight is 543 g/mol. The molecule has 2 amide bonds. The normalized spacial score (nSPS) is 17.9. The maximum atomic E-state index is 13.6. The summed E-state index contributed by atoms with van der Waals surface area (Å²) in [5.74, 6) is 0.0728. The van der Waals surface area contributed by atoms with Crippen LogP contribution in [0.3, 0.4) is 0 Å². The molecular formula is C32H38N4O4. The Morgan fingerprint density at radius 2 is 1.55 bits per heavy atom. The lowest BCUT2D eigenvalue weighted by Crippen LogP contribution is -2.50. The summed E-state index contributed by atoms with van der Waals surface area (Å²) < 4.78 is 1.47. The van der Waals surface area contributed by atoms with Gasteiger partial charge in [0.1, 0.15) is 0 Å². The predicted octanol–water partition coefficient (Wildman–Crippen LogP) is 3.11. The van der Waals surface area contributed by atoms with Crippen LogP contribution < -0.4 is 10.9 Å². The molecule has 0 saturated carbocycles. The molecule has 2 aliphatic heterocycles. The maximum Gasteiger partial charge on any atom is 0.256 e. The summed E-state index contributed by atoms with van der Waals surface area (Å²) in [6.45, 7) is 5.64. The summed E-state index contributed by atoms with van der Waals surface area (Å²) in [5.41, 5.74) is 1.59. The molecule has 1 aromatic heterocycles. The zero-order valence-corrected chi connectivity index (χ0v) is 23.1. The first-order chi connectivity index (χ1) is 19.3. The van der Waals surface area contributed by atoms with Gasteiger partial charge in [-0.25, -0.2) is 0 Å². The Morgan fingerprint density at radius 3 is 2.20 bits per heavy atom. The number of pyridine rings is 1. The molecule has 2 aliphatic rings. The Kier molecular flexibility index (Phi) is 8.47. The highest BCUT2D eigenvalue weighted by Crippen LogP contribution is 2.28. The van der Waals surface area contributed by atoms with Crippen LogP contribution in [0.15, 0.2) is 77.7 Å². The van der Waals surface area contributed by atoms with E-state index in [-0.39, 0.29) is 29.8 Å². The third-order valence-corrected chi connectivity index (χ3v) is 8.21. The van der Waals surface area contributed by atoms with Crippen molar-refractivity contribution in [3.05, 3.63) is 94.4 Å². The zero-order valence-electron chi connectivity index (χ0n) is 23.1. The second kappa shape index (κ2) is 12.2. The molecule has 2 saturated heterocycles. The molecule has 0 radical (unpaired) electrons. The Labute approximate surface area is 235 Å². The van der Waals surface area contributed by atoms with Gasteiger partial charge in [-0.3, -0.25) is 14.4 Å². The number of aromatic nitrogens is 1. The van der Waals surface area contributed by atoms with Crippen LogP contribution in [-0.4, -0.2) is 76.2 Å². The Balaban J connectivity index is 1.31. The summed E-state index contributed by atoms with van der Waals surface area (Å²) in [4.78, 5) is 43.5. The number of piperazine rings is 1. The summed E-state index contributed by atoms with van der Waals surface area (Å²) in [6.07, 6.45) is 2.77. The first-order valence-corrected chi connectivity index (χ1v) is 14.2. The van der Waals surface area contributed by atoms with E-state index in [1.165, 1.54) is 10.6 Å². The molecular weight excluding hydrogens is 504 g/mol. The first-order valence-electron chi connectivity index (χ1n) is 14.2. The second-order valence-corrected chi connectivity index (χ2v) is 11.1. The number of nitrogens with zero attached hydrogens (tertiary/aromatic N) is 3. The van der Waals surface area contributed by atoms with Crippen molar-refractivity contribution in [1.29, 1.82) is 0 Å². The van der Waals surface area contributed by atoms with E-state index in [0.29, 0.717) is 56.6 Å². The molecule has 0 bridgehead atoms. The van der Waals surface area contributed by atoms with Gasteiger partial charge in [0, 0.05) is 63.5 Å². The van der Waals surface area contributed by atoms with Gasteiger partial charge < -0.3 is 24.8 Å². The molecule has 8 heteroatoms. The van der Waals surface area contributed by atoms with Gasteiger partial charge in [-0.15, -0.1) is 0 Å². The van der Waals surface area contributed by atoms with Gasteiger partial charge in [0.05, 0.1) is 17.7 Å². The molecule has 0 spiro atoms. The fourth-order valence-corrected chi connectivity index (χ4v) is 5.70. The smallest absolute Gasteiger partial charge is 0.256 e. The molecule has 40 heavy (non-hydrogen) atoms. The van der Waals surface area contributed by atoms with Crippen LogP contribution in [0.4, 0.5) is 0 Å². The van der Waals surface area contributed by atoms with Crippen molar-refractivity contribution < 1.29 is 14.7 Å². The average Bonchev–Trinajstić information content (AvgIpc) is 2.99. The second-order valence-electron chi connectivity index (χ2n) is 11.1. The molecule has 3 heterocycles. The Morgan fingerprint density at radius 1 is 0.925 bits per heavy atom. The monoisotopic (exact) mass is 542 g/mol. The molecule has 3 aromatic rings. The van der Waals surface area contributed by atoms with Crippen molar-refractivity contribution in [3.8, 4) is 11.1 Å². The highest BCUT2D eigenvalue weighted by molar-refractivity contribution is 6.00.